The van der Waals surface area contributed by atoms with Gasteiger partial charge < -0.3 is 10.1 Å². The van der Waals surface area contributed by atoms with Crippen molar-refractivity contribution >= 4 is 34.8 Å². The third-order valence-electron chi connectivity index (χ3n) is 3.29. The molecule has 3 aromatic rings. The van der Waals surface area contributed by atoms with E-state index in [0.29, 0.717) is 21.5 Å². The molecule has 9 heteroatoms. The van der Waals surface area contributed by atoms with Gasteiger partial charge in [-0.05, 0) is 53.7 Å². The van der Waals surface area contributed by atoms with Gasteiger partial charge in [-0.15, -0.1) is 5.10 Å². The fourth-order valence-electron chi connectivity index (χ4n) is 2.06. The molecule has 0 spiro atoms. The maximum Gasteiger partial charge on any atom is 0.265 e. The van der Waals surface area contributed by atoms with Gasteiger partial charge in [0.25, 0.3) is 5.91 Å². The topological polar surface area (TPSA) is 81.9 Å². The number of rotatable bonds is 5. The number of carbonyl (C=O) groups is 1. The Morgan fingerprint density at radius 1 is 1.24 bits per heavy atom. The number of aromatic nitrogens is 4. The maximum absolute atomic E-state index is 12.3. The van der Waals surface area contributed by atoms with E-state index >= 15 is 0 Å². The predicted octanol–water partition coefficient (Wildman–Crippen LogP) is 3.38. The highest BCUT2D eigenvalue weighted by Crippen LogP contribution is 2.28. The van der Waals surface area contributed by atoms with E-state index in [1.165, 1.54) is 11.0 Å². The Labute approximate surface area is 153 Å². The van der Waals surface area contributed by atoms with Gasteiger partial charge in [0.05, 0.1) is 10.7 Å². The molecule has 1 atom stereocenters. The van der Waals surface area contributed by atoms with Crippen LogP contribution in [0.1, 0.15) is 6.92 Å². The number of hydrogen-bond acceptors (Lipinski definition) is 5. The molecule has 7 nitrogen and oxygen atoms in total. The van der Waals surface area contributed by atoms with Gasteiger partial charge >= 0.3 is 0 Å². The minimum absolute atomic E-state index is 0.320. The lowest BCUT2D eigenvalue weighted by atomic mass is 10.2. The lowest BCUT2D eigenvalue weighted by Gasteiger charge is -2.16. The molecule has 0 saturated heterocycles. The van der Waals surface area contributed by atoms with Gasteiger partial charge in [-0.25, -0.2) is 4.68 Å². The van der Waals surface area contributed by atoms with E-state index in [0.717, 1.165) is 5.69 Å². The summed E-state index contributed by atoms with van der Waals surface area (Å²) in [5.41, 5.74) is 1.31. The number of benzene rings is 2. The predicted molar refractivity (Wildman–Crippen MR) is 94.3 cm³/mol. The normalized spacial score (nSPS) is 11.8. The monoisotopic (exact) mass is 377 g/mol. The van der Waals surface area contributed by atoms with Crippen molar-refractivity contribution in [2.24, 2.45) is 0 Å². The zero-order valence-electron chi connectivity index (χ0n) is 13.1. The summed E-state index contributed by atoms with van der Waals surface area (Å²) in [7, 11) is 0. The molecule has 2 aromatic carbocycles. The second-order valence-corrected chi connectivity index (χ2v) is 5.97. The summed E-state index contributed by atoms with van der Waals surface area (Å²) in [6, 6.07) is 11.9. The molecular formula is C16H13Cl2N5O2. The van der Waals surface area contributed by atoms with Crippen LogP contribution in [0.3, 0.4) is 0 Å². The maximum atomic E-state index is 12.3. The molecule has 0 aliphatic heterocycles. The Bertz CT molecular complexity index is 886. The van der Waals surface area contributed by atoms with Crippen molar-refractivity contribution in [1.82, 2.24) is 20.2 Å². The highest BCUT2D eigenvalue weighted by atomic mass is 35.5. The number of ether oxygens (including phenoxy) is 1. The lowest BCUT2D eigenvalue weighted by Crippen LogP contribution is -2.30. The Kier molecular flexibility index (Phi) is 5.16. The van der Waals surface area contributed by atoms with E-state index in [9.17, 15) is 4.79 Å². The van der Waals surface area contributed by atoms with Crippen molar-refractivity contribution in [3.05, 3.63) is 58.8 Å². The van der Waals surface area contributed by atoms with Crippen LogP contribution in [0.5, 0.6) is 5.75 Å². The average Bonchev–Trinajstić information content (AvgIpc) is 3.12. The van der Waals surface area contributed by atoms with Gasteiger partial charge in [-0.1, -0.05) is 29.3 Å². The highest BCUT2D eigenvalue weighted by molar-refractivity contribution is 6.35. The third kappa shape index (κ3) is 4.26. The number of carbonyl (C=O) groups excluding carboxylic acids is 1. The van der Waals surface area contributed by atoms with E-state index < -0.39 is 6.10 Å². The molecular weight excluding hydrogens is 365 g/mol. The van der Waals surface area contributed by atoms with E-state index in [1.807, 2.05) is 6.07 Å². The molecule has 0 radical (unpaired) electrons. The third-order valence-corrected chi connectivity index (χ3v) is 3.82. The van der Waals surface area contributed by atoms with Crippen molar-refractivity contribution in [1.29, 1.82) is 0 Å². The lowest BCUT2D eigenvalue weighted by molar-refractivity contribution is -0.122. The molecule has 0 unspecified atom stereocenters. The zero-order valence-corrected chi connectivity index (χ0v) is 14.6. The molecule has 128 valence electrons. The quantitative estimate of drug-likeness (QED) is 0.736. The summed E-state index contributed by atoms with van der Waals surface area (Å²) >= 11 is 11.9. The van der Waals surface area contributed by atoms with E-state index in [4.69, 9.17) is 27.9 Å². The van der Waals surface area contributed by atoms with Gasteiger partial charge in [0, 0.05) is 10.7 Å². The van der Waals surface area contributed by atoms with Gasteiger partial charge in [-0.2, -0.15) is 0 Å². The summed E-state index contributed by atoms with van der Waals surface area (Å²) in [5.74, 6) is 0.0658. The number of halogens is 2. The number of hydrogen-bond donors (Lipinski definition) is 1. The molecule has 1 heterocycles. The molecule has 0 fully saturated rings. The second-order valence-electron chi connectivity index (χ2n) is 5.13. The first kappa shape index (κ1) is 17.2. The Morgan fingerprint density at radius 3 is 2.80 bits per heavy atom. The molecule has 0 saturated carbocycles. The molecule has 0 bridgehead atoms. The van der Waals surface area contributed by atoms with Crippen molar-refractivity contribution < 1.29 is 9.53 Å². The minimum atomic E-state index is -0.754. The molecule has 25 heavy (non-hydrogen) atoms. The molecule has 1 aromatic heterocycles. The fourth-order valence-corrected chi connectivity index (χ4v) is 2.52. The number of nitrogens with one attached hydrogen (secondary N) is 1. The van der Waals surface area contributed by atoms with E-state index in [-0.39, 0.29) is 5.91 Å². The Hall–Kier alpha value is -2.64. The van der Waals surface area contributed by atoms with Crippen LogP contribution < -0.4 is 10.1 Å². The Morgan fingerprint density at radius 2 is 2.08 bits per heavy atom. The zero-order chi connectivity index (χ0) is 17.8. The van der Waals surface area contributed by atoms with Crippen LogP contribution in [0, 0.1) is 0 Å². The summed E-state index contributed by atoms with van der Waals surface area (Å²) < 4.78 is 7.09. The second kappa shape index (κ2) is 7.50. The largest absolute Gasteiger partial charge is 0.479 e. The van der Waals surface area contributed by atoms with E-state index in [2.05, 4.69) is 20.8 Å². The Balaban J connectivity index is 1.68. The van der Waals surface area contributed by atoms with Gasteiger partial charge in [0.1, 0.15) is 12.1 Å². The molecule has 0 aliphatic rings. The van der Waals surface area contributed by atoms with Crippen LogP contribution in [-0.4, -0.2) is 32.2 Å². The fraction of sp³-hybridized carbons (Fsp3) is 0.125. The number of tetrazole rings is 1. The van der Waals surface area contributed by atoms with Crippen LogP contribution in [0.2, 0.25) is 10.0 Å². The van der Waals surface area contributed by atoms with Crippen molar-refractivity contribution in [3.63, 3.8) is 0 Å². The molecule has 1 amide bonds. The molecule has 3 rings (SSSR count). The first-order valence-corrected chi connectivity index (χ1v) is 8.04. The smallest absolute Gasteiger partial charge is 0.265 e. The van der Waals surface area contributed by atoms with Crippen LogP contribution in [0.4, 0.5) is 5.69 Å². The first-order valence-electron chi connectivity index (χ1n) is 7.29. The standard InChI is InChI=1S/C16H13Cl2N5O2/c1-10(25-15-6-5-11(17)7-14(15)18)16(24)20-12-3-2-4-13(8-12)23-9-19-21-22-23/h2-10H,1H3,(H,20,24)/t10-/m1/s1. The van der Waals surface area contributed by atoms with Crippen molar-refractivity contribution in [3.8, 4) is 11.4 Å². The number of amides is 1. The van der Waals surface area contributed by atoms with Crippen LogP contribution in [-0.2, 0) is 4.79 Å². The summed E-state index contributed by atoms with van der Waals surface area (Å²) in [6.45, 7) is 1.63. The van der Waals surface area contributed by atoms with E-state index in [1.54, 1.807) is 43.3 Å². The van der Waals surface area contributed by atoms with Crippen LogP contribution in [0.15, 0.2) is 48.8 Å². The van der Waals surface area contributed by atoms with Crippen molar-refractivity contribution in [2.45, 2.75) is 13.0 Å². The van der Waals surface area contributed by atoms with Crippen LogP contribution in [0.25, 0.3) is 5.69 Å². The summed E-state index contributed by atoms with van der Waals surface area (Å²) in [5, 5.41) is 14.6. The molecule has 0 aliphatic carbocycles. The van der Waals surface area contributed by atoms with Crippen molar-refractivity contribution in [2.75, 3.05) is 5.32 Å². The van der Waals surface area contributed by atoms with Gasteiger partial charge in [0.2, 0.25) is 0 Å². The van der Waals surface area contributed by atoms with Gasteiger partial charge in [-0.3, -0.25) is 4.79 Å². The summed E-state index contributed by atoms with van der Waals surface area (Å²) in [6.07, 6.45) is 0.713. The average molecular weight is 378 g/mol. The number of anilines is 1. The van der Waals surface area contributed by atoms with Crippen LogP contribution >= 0.6 is 23.2 Å². The van der Waals surface area contributed by atoms with Gasteiger partial charge in [0.15, 0.2) is 6.10 Å². The summed E-state index contributed by atoms with van der Waals surface area (Å²) in [4.78, 5) is 12.3. The minimum Gasteiger partial charge on any atom is -0.479 e. The highest BCUT2D eigenvalue weighted by Gasteiger charge is 2.16. The molecule has 1 N–H and O–H groups in total. The SMILES string of the molecule is C[C@@H](Oc1ccc(Cl)cc1Cl)C(=O)Nc1cccc(-n2cnnn2)c1. The number of nitrogens with zero attached hydrogens (tertiary/aromatic N) is 4. The first-order chi connectivity index (χ1) is 12.0.